The van der Waals surface area contributed by atoms with E-state index in [2.05, 4.69) is 0 Å². The predicted octanol–water partition coefficient (Wildman–Crippen LogP) is 5.07. The zero-order valence-corrected chi connectivity index (χ0v) is 20.8. The molecule has 2 aromatic rings. The molecule has 0 saturated carbocycles. The number of nitrogens with zero attached hydrogens (tertiary/aromatic N) is 1. The number of alkyl halides is 2. The van der Waals surface area contributed by atoms with Crippen molar-refractivity contribution in [3.8, 4) is 5.75 Å². The van der Waals surface area contributed by atoms with Crippen LogP contribution in [-0.4, -0.2) is 44.6 Å². The highest BCUT2D eigenvalue weighted by atomic mass is 32.2. The summed E-state index contributed by atoms with van der Waals surface area (Å²) in [6.45, 7) is 4.78. The van der Waals surface area contributed by atoms with Crippen molar-refractivity contribution < 1.29 is 31.5 Å². The van der Waals surface area contributed by atoms with Crippen LogP contribution >= 0.6 is 0 Å². The fourth-order valence-electron chi connectivity index (χ4n) is 4.73. The van der Waals surface area contributed by atoms with E-state index in [1.165, 1.54) is 4.90 Å². The molecule has 35 heavy (non-hydrogen) atoms. The molecule has 188 valence electrons. The molecule has 1 fully saturated rings. The fourth-order valence-corrected chi connectivity index (χ4v) is 6.55. The standard InChI is InChI=1S/C26H29F2NO5S/c1-25(2)20-13-17(22(30)15-26(3)9-11-35(32,33)12-10-26)7-8-21(20)29(24(25)31)18-5-4-6-19(14-18)34-16-23(27)28/h4-8,13-14,23H,9-12,15-16H2,1-3H3. The first-order chi connectivity index (χ1) is 16.3. The van der Waals surface area contributed by atoms with Crippen molar-refractivity contribution in [1.82, 2.24) is 0 Å². The molecular weight excluding hydrogens is 476 g/mol. The molecule has 0 N–H and O–H groups in total. The normalized spacial score (nSPS) is 20.1. The highest BCUT2D eigenvalue weighted by molar-refractivity contribution is 7.91. The predicted molar refractivity (Wildman–Crippen MR) is 129 cm³/mol. The number of benzene rings is 2. The monoisotopic (exact) mass is 505 g/mol. The fraction of sp³-hybridized carbons (Fsp3) is 0.462. The van der Waals surface area contributed by atoms with E-state index >= 15 is 0 Å². The Hall–Kier alpha value is -2.81. The number of ether oxygens (including phenoxy) is 1. The van der Waals surface area contributed by atoms with Gasteiger partial charge in [0.25, 0.3) is 6.43 Å². The number of fused-ring (bicyclic) bond motifs is 1. The lowest BCUT2D eigenvalue weighted by Crippen LogP contribution is -2.33. The van der Waals surface area contributed by atoms with Crippen molar-refractivity contribution in [3.05, 3.63) is 53.6 Å². The van der Waals surface area contributed by atoms with E-state index in [9.17, 15) is 26.8 Å². The SMILES string of the molecule is CC1(CC(=O)c2ccc3c(c2)C(C)(C)C(=O)N3c2cccc(OCC(F)F)c2)CCS(=O)(=O)CC1. The van der Waals surface area contributed by atoms with Gasteiger partial charge in [0.2, 0.25) is 5.91 Å². The zero-order valence-electron chi connectivity index (χ0n) is 20.0. The van der Waals surface area contributed by atoms with Crippen LogP contribution in [0, 0.1) is 5.41 Å². The average molecular weight is 506 g/mol. The van der Waals surface area contributed by atoms with E-state index in [4.69, 9.17) is 4.74 Å². The van der Waals surface area contributed by atoms with Crippen LogP contribution in [0.2, 0.25) is 0 Å². The van der Waals surface area contributed by atoms with Crippen LogP contribution < -0.4 is 9.64 Å². The molecule has 0 aliphatic carbocycles. The summed E-state index contributed by atoms with van der Waals surface area (Å²) in [5, 5.41) is 0. The first-order valence-corrected chi connectivity index (χ1v) is 13.4. The molecule has 1 saturated heterocycles. The van der Waals surface area contributed by atoms with Gasteiger partial charge in [-0.05, 0) is 68.0 Å². The number of hydrogen-bond donors (Lipinski definition) is 0. The van der Waals surface area contributed by atoms with Gasteiger partial charge in [-0.2, -0.15) is 0 Å². The van der Waals surface area contributed by atoms with Crippen molar-refractivity contribution >= 4 is 32.9 Å². The Labute approximate surface area is 204 Å². The van der Waals surface area contributed by atoms with Gasteiger partial charge in [0.15, 0.2) is 5.78 Å². The van der Waals surface area contributed by atoms with E-state index in [-0.39, 0.29) is 40.8 Å². The van der Waals surface area contributed by atoms with Crippen molar-refractivity contribution in [2.75, 3.05) is 23.0 Å². The Morgan fingerprint density at radius 3 is 2.43 bits per heavy atom. The lowest BCUT2D eigenvalue weighted by atomic mass is 9.78. The number of rotatable bonds is 7. The number of halogens is 2. The minimum Gasteiger partial charge on any atom is -0.488 e. The van der Waals surface area contributed by atoms with Crippen LogP contribution in [0.25, 0.3) is 0 Å². The maximum absolute atomic E-state index is 13.4. The maximum Gasteiger partial charge on any atom is 0.272 e. The Bertz CT molecular complexity index is 1260. The third-order valence-corrected chi connectivity index (χ3v) is 8.70. The van der Waals surface area contributed by atoms with Crippen molar-refractivity contribution in [2.45, 2.75) is 51.9 Å². The summed E-state index contributed by atoms with van der Waals surface area (Å²) >= 11 is 0. The van der Waals surface area contributed by atoms with Crippen molar-refractivity contribution in [2.24, 2.45) is 5.41 Å². The van der Waals surface area contributed by atoms with Gasteiger partial charge in [-0.1, -0.05) is 13.0 Å². The molecular formula is C26H29F2NO5S. The number of carbonyl (C=O) groups is 2. The largest absolute Gasteiger partial charge is 0.488 e. The van der Waals surface area contributed by atoms with Gasteiger partial charge in [0.1, 0.15) is 22.2 Å². The molecule has 0 unspecified atom stereocenters. The van der Waals surface area contributed by atoms with Gasteiger partial charge < -0.3 is 4.74 Å². The molecule has 9 heteroatoms. The van der Waals surface area contributed by atoms with Crippen LogP contribution in [0.5, 0.6) is 5.75 Å². The number of hydrogen-bond acceptors (Lipinski definition) is 5. The summed E-state index contributed by atoms with van der Waals surface area (Å²) in [7, 11) is -3.03. The van der Waals surface area contributed by atoms with Gasteiger partial charge in [-0.15, -0.1) is 0 Å². The van der Waals surface area contributed by atoms with E-state index < -0.39 is 28.3 Å². The molecule has 1 amide bonds. The van der Waals surface area contributed by atoms with Gasteiger partial charge in [-0.25, -0.2) is 17.2 Å². The zero-order chi connectivity index (χ0) is 25.6. The summed E-state index contributed by atoms with van der Waals surface area (Å²) in [5.74, 6) is 0.136. The van der Waals surface area contributed by atoms with Gasteiger partial charge >= 0.3 is 0 Å². The van der Waals surface area contributed by atoms with E-state index in [0.717, 1.165) is 0 Å². The minimum absolute atomic E-state index is 0.0845. The lowest BCUT2D eigenvalue weighted by molar-refractivity contribution is -0.121. The van der Waals surface area contributed by atoms with Crippen LogP contribution in [0.1, 0.15) is 56.0 Å². The van der Waals surface area contributed by atoms with Crippen LogP contribution in [0.3, 0.4) is 0 Å². The smallest absolute Gasteiger partial charge is 0.272 e. The first-order valence-electron chi connectivity index (χ1n) is 11.6. The second-order valence-electron chi connectivity index (χ2n) is 10.3. The molecule has 0 bridgehead atoms. The van der Waals surface area contributed by atoms with Gasteiger partial charge in [-0.3, -0.25) is 14.5 Å². The second kappa shape index (κ2) is 9.00. The topological polar surface area (TPSA) is 80.8 Å². The molecule has 4 rings (SSSR count). The second-order valence-corrected chi connectivity index (χ2v) is 12.6. The number of Topliss-reactive ketones (excluding diaryl/α,β-unsaturated/α-hetero) is 1. The third-order valence-electron chi connectivity index (χ3n) is 7.04. The highest BCUT2D eigenvalue weighted by Crippen LogP contribution is 2.46. The lowest BCUT2D eigenvalue weighted by Gasteiger charge is -2.32. The Morgan fingerprint density at radius 1 is 1.09 bits per heavy atom. The number of anilines is 2. The number of ketones is 1. The number of sulfone groups is 1. The molecule has 6 nitrogen and oxygen atoms in total. The molecule has 0 aromatic heterocycles. The molecule has 2 aromatic carbocycles. The van der Waals surface area contributed by atoms with E-state index in [0.29, 0.717) is 35.3 Å². The quantitative estimate of drug-likeness (QED) is 0.491. The molecule has 2 aliphatic heterocycles. The average Bonchev–Trinajstić information content (AvgIpc) is 3.00. The van der Waals surface area contributed by atoms with Gasteiger partial charge in [0.05, 0.1) is 28.3 Å². The Morgan fingerprint density at radius 2 is 1.77 bits per heavy atom. The molecule has 2 aliphatic rings. The first kappa shape index (κ1) is 25.3. The minimum atomic E-state index is -3.03. The molecule has 2 heterocycles. The summed E-state index contributed by atoms with van der Waals surface area (Å²) in [6, 6.07) is 11.6. The van der Waals surface area contributed by atoms with Gasteiger partial charge in [0, 0.05) is 18.1 Å². The summed E-state index contributed by atoms with van der Waals surface area (Å²) < 4.78 is 53.8. The van der Waals surface area contributed by atoms with E-state index in [1.54, 1.807) is 56.3 Å². The van der Waals surface area contributed by atoms with Crippen LogP contribution in [-0.2, 0) is 20.0 Å². The maximum atomic E-state index is 13.4. The highest BCUT2D eigenvalue weighted by Gasteiger charge is 2.45. The van der Waals surface area contributed by atoms with E-state index in [1.807, 2.05) is 6.92 Å². The van der Waals surface area contributed by atoms with Crippen molar-refractivity contribution in [3.63, 3.8) is 0 Å². The number of carbonyl (C=O) groups excluding carboxylic acids is 2. The molecule has 0 radical (unpaired) electrons. The number of amides is 1. The molecule has 0 atom stereocenters. The summed E-state index contributed by atoms with van der Waals surface area (Å²) in [5.41, 5.74) is 1.01. The van der Waals surface area contributed by atoms with Crippen molar-refractivity contribution in [1.29, 1.82) is 0 Å². The third kappa shape index (κ3) is 5.10. The summed E-state index contributed by atoms with van der Waals surface area (Å²) in [4.78, 5) is 28.1. The Kier molecular flexibility index (Phi) is 6.51. The summed E-state index contributed by atoms with van der Waals surface area (Å²) in [6.07, 6.45) is -1.47. The molecule has 0 spiro atoms. The Balaban J connectivity index is 1.61. The van der Waals surface area contributed by atoms with Crippen LogP contribution in [0.4, 0.5) is 20.2 Å². The van der Waals surface area contributed by atoms with Crippen LogP contribution in [0.15, 0.2) is 42.5 Å².